The van der Waals surface area contributed by atoms with Crippen LogP contribution < -0.4 is 0 Å². The molecule has 0 aromatic rings. The maximum absolute atomic E-state index is 11.6. The molecule has 4 heteroatoms. The van der Waals surface area contributed by atoms with Crippen LogP contribution in [0.3, 0.4) is 0 Å². The fourth-order valence-electron chi connectivity index (χ4n) is 0.799. The molecular weight excluding hydrogens is 163 g/mol. The Morgan fingerprint density at radius 1 is 1.45 bits per heavy atom. The van der Waals surface area contributed by atoms with Crippen molar-refractivity contribution in [3.63, 3.8) is 0 Å². The van der Waals surface area contributed by atoms with Crippen LogP contribution in [0, 0.1) is 0 Å². The van der Waals surface area contributed by atoms with Crippen LogP contribution in [0.15, 0.2) is 0 Å². The lowest BCUT2D eigenvalue weighted by atomic mass is 10.6. The monoisotopic (exact) mass is 178 g/mol. The van der Waals surface area contributed by atoms with Crippen molar-refractivity contribution in [3.05, 3.63) is 0 Å². The molecule has 66 valence electrons. The number of aldehydes is 1. The molecule has 1 unspecified atom stereocenters. The lowest BCUT2D eigenvalue weighted by Gasteiger charge is -2.13. The number of rotatable bonds is 6. The van der Waals surface area contributed by atoms with Gasteiger partial charge >= 0.3 is 0 Å². The first-order valence-electron chi connectivity index (χ1n) is 3.84. The third-order valence-electron chi connectivity index (χ3n) is 1.43. The lowest BCUT2D eigenvalue weighted by Crippen LogP contribution is -1.98. The molecule has 0 radical (unpaired) electrons. The Kier molecular flexibility index (Phi) is 5.43. The van der Waals surface area contributed by atoms with E-state index in [1.807, 2.05) is 13.8 Å². The highest BCUT2D eigenvalue weighted by Crippen LogP contribution is 2.46. The maximum Gasteiger partial charge on any atom is 0.203 e. The lowest BCUT2D eigenvalue weighted by molar-refractivity contribution is -0.107. The van der Waals surface area contributed by atoms with E-state index in [0.717, 1.165) is 6.29 Å². The molecule has 0 N–H and O–H groups in total. The van der Waals surface area contributed by atoms with Crippen LogP contribution in [0.25, 0.3) is 0 Å². The van der Waals surface area contributed by atoms with E-state index < -0.39 is 7.37 Å². The molecule has 0 heterocycles. The van der Waals surface area contributed by atoms with Gasteiger partial charge in [0.05, 0.1) is 6.61 Å². The summed E-state index contributed by atoms with van der Waals surface area (Å²) >= 11 is 0. The zero-order chi connectivity index (χ0) is 8.74. The molecule has 0 aromatic heterocycles. The topological polar surface area (TPSA) is 43.4 Å². The van der Waals surface area contributed by atoms with Crippen molar-refractivity contribution in [3.8, 4) is 0 Å². The summed E-state index contributed by atoms with van der Waals surface area (Å²) in [6.07, 6.45) is 2.03. The molecule has 0 fully saturated rings. The number of carbonyl (C=O) groups is 1. The number of hydrogen-bond acceptors (Lipinski definition) is 3. The third kappa shape index (κ3) is 4.33. The minimum Gasteiger partial charge on any atom is -0.329 e. The van der Waals surface area contributed by atoms with Crippen LogP contribution in [0.5, 0.6) is 0 Å². The van der Waals surface area contributed by atoms with Crippen molar-refractivity contribution in [2.75, 3.05) is 18.9 Å². The summed E-state index contributed by atoms with van der Waals surface area (Å²) in [5.74, 6) is 0. The third-order valence-corrected chi connectivity index (χ3v) is 4.07. The van der Waals surface area contributed by atoms with E-state index in [-0.39, 0.29) is 0 Å². The largest absolute Gasteiger partial charge is 0.329 e. The van der Waals surface area contributed by atoms with E-state index in [1.165, 1.54) is 0 Å². The summed E-state index contributed by atoms with van der Waals surface area (Å²) in [4.78, 5) is 10.00. The van der Waals surface area contributed by atoms with Gasteiger partial charge in [-0.05, 0) is 6.92 Å². The van der Waals surface area contributed by atoms with Crippen molar-refractivity contribution in [2.24, 2.45) is 0 Å². The molecule has 0 spiro atoms. The van der Waals surface area contributed by atoms with Crippen molar-refractivity contribution in [1.29, 1.82) is 0 Å². The molecule has 0 rings (SSSR count). The van der Waals surface area contributed by atoms with Gasteiger partial charge in [-0.3, -0.25) is 4.57 Å². The van der Waals surface area contributed by atoms with Crippen LogP contribution in [0.4, 0.5) is 0 Å². The maximum atomic E-state index is 11.6. The van der Waals surface area contributed by atoms with E-state index in [9.17, 15) is 9.36 Å². The van der Waals surface area contributed by atoms with Gasteiger partial charge in [-0.1, -0.05) is 6.92 Å². The van der Waals surface area contributed by atoms with Crippen LogP contribution in [-0.4, -0.2) is 25.2 Å². The van der Waals surface area contributed by atoms with Crippen molar-refractivity contribution >= 4 is 13.7 Å². The van der Waals surface area contributed by atoms with Gasteiger partial charge in [-0.2, -0.15) is 0 Å². The average Bonchev–Trinajstić information content (AvgIpc) is 2.02. The summed E-state index contributed by atoms with van der Waals surface area (Å²) < 4.78 is 16.6. The molecule has 1 atom stereocenters. The van der Waals surface area contributed by atoms with Gasteiger partial charge in [0.1, 0.15) is 6.29 Å². The second-order valence-electron chi connectivity index (χ2n) is 2.23. The zero-order valence-electron chi connectivity index (χ0n) is 7.08. The van der Waals surface area contributed by atoms with Crippen molar-refractivity contribution < 1.29 is 13.9 Å². The summed E-state index contributed by atoms with van der Waals surface area (Å²) in [5.41, 5.74) is 0. The van der Waals surface area contributed by atoms with Gasteiger partial charge in [0.25, 0.3) is 0 Å². The molecule has 3 nitrogen and oxygen atoms in total. The van der Waals surface area contributed by atoms with E-state index >= 15 is 0 Å². The Labute approximate surface area is 67.6 Å². The highest BCUT2D eigenvalue weighted by Gasteiger charge is 2.18. The number of hydrogen-bond donors (Lipinski definition) is 0. The Balaban J connectivity index is 3.88. The van der Waals surface area contributed by atoms with Gasteiger partial charge in [-0.15, -0.1) is 0 Å². The SMILES string of the molecule is CCOP(=O)(CC)CCC=O. The summed E-state index contributed by atoms with van der Waals surface area (Å²) in [6.45, 7) is 4.09. The van der Waals surface area contributed by atoms with Gasteiger partial charge in [0, 0.05) is 18.7 Å². The molecule has 0 aliphatic heterocycles. The second kappa shape index (κ2) is 5.50. The first kappa shape index (κ1) is 10.9. The Morgan fingerprint density at radius 2 is 2.09 bits per heavy atom. The van der Waals surface area contributed by atoms with Crippen LogP contribution in [-0.2, 0) is 13.9 Å². The Bertz CT molecular complexity index is 156. The fourth-order valence-corrected chi connectivity index (χ4v) is 2.40. The highest BCUT2D eigenvalue weighted by atomic mass is 31.2. The van der Waals surface area contributed by atoms with Crippen LogP contribution >= 0.6 is 7.37 Å². The first-order valence-corrected chi connectivity index (χ1v) is 5.84. The summed E-state index contributed by atoms with van der Waals surface area (Å²) in [6, 6.07) is 0. The first-order chi connectivity index (χ1) is 5.18. The van der Waals surface area contributed by atoms with Gasteiger partial charge in [0.2, 0.25) is 7.37 Å². The molecule has 0 amide bonds. The second-order valence-corrected chi connectivity index (χ2v) is 5.19. The molecule has 0 saturated heterocycles. The molecule has 0 aliphatic carbocycles. The van der Waals surface area contributed by atoms with Gasteiger partial charge < -0.3 is 9.32 Å². The highest BCUT2D eigenvalue weighted by molar-refractivity contribution is 7.58. The van der Waals surface area contributed by atoms with E-state index in [4.69, 9.17) is 4.52 Å². The van der Waals surface area contributed by atoms with Crippen molar-refractivity contribution in [2.45, 2.75) is 20.3 Å². The molecule has 0 bridgehead atoms. The normalized spacial score (nSPS) is 15.8. The minimum atomic E-state index is -2.45. The van der Waals surface area contributed by atoms with E-state index in [1.54, 1.807) is 0 Å². The summed E-state index contributed by atoms with van der Waals surface area (Å²) in [7, 11) is -2.45. The molecular formula is C7H15O3P. The van der Waals surface area contributed by atoms with Crippen molar-refractivity contribution in [1.82, 2.24) is 0 Å². The Morgan fingerprint density at radius 3 is 2.45 bits per heavy atom. The predicted molar refractivity (Wildman–Crippen MR) is 45.3 cm³/mol. The average molecular weight is 178 g/mol. The quantitative estimate of drug-likeness (QED) is 0.461. The summed E-state index contributed by atoms with van der Waals surface area (Å²) in [5, 5.41) is 0. The van der Waals surface area contributed by atoms with Crippen LogP contribution in [0.2, 0.25) is 0 Å². The molecule has 0 aliphatic rings. The minimum absolute atomic E-state index is 0.338. The van der Waals surface area contributed by atoms with Gasteiger partial charge in [-0.25, -0.2) is 0 Å². The molecule has 0 saturated carbocycles. The standard InChI is InChI=1S/C7H15O3P/c1-3-10-11(9,4-2)7-5-6-8/h6H,3-5,7H2,1-2H3. The fraction of sp³-hybridized carbons (Fsp3) is 0.857. The van der Waals surface area contributed by atoms with Gasteiger partial charge in [0.15, 0.2) is 0 Å². The zero-order valence-corrected chi connectivity index (χ0v) is 7.97. The van der Waals surface area contributed by atoms with Crippen LogP contribution in [0.1, 0.15) is 20.3 Å². The Hall–Kier alpha value is -0.140. The predicted octanol–water partition coefficient (Wildman–Crippen LogP) is 1.91. The molecule has 11 heavy (non-hydrogen) atoms. The molecule has 0 aromatic carbocycles. The smallest absolute Gasteiger partial charge is 0.203 e. The number of carbonyl (C=O) groups excluding carboxylic acids is 1. The van der Waals surface area contributed by atoms with E-state index in [0.29, 0.717) is 25.4 Å². The van der Waals surface area contributed by atoms with E-state index in [2.05, 4.69) is 0 Å².